The van der Waals surface area contributed by atoms with Gasteiger partial charge < -0.3 is 14.7 Å². The van der Waals surface area contributed by atoms with Crippen molar-refractivity contribution >= 4 is 6.03 Å². The quantitative estimate of drug-likeness (QED) is 0.708. The molecule has 1 aromatic heterocycles. The lowest BCUT2D eigenvalue weighted by Gasteiger charge is -2.22. The highest BCUT2D eigenvalue weighted by molar-refractivity contribution is 5.75. The van der Waals surface area contributed by atoms with Crippen LogP contribution in [-0.4, -0.2) is 27.6 Å². The van der Waals surface area contributed by atoms with Gasteiger partial charge in [-0.15, -0.1) is 0 Å². The summed E-state index contributed by atoms with van der Waals surface area (Å²) in [7, 11) is 0. The summed E-state index contributed by atoms with van der Waals surface area (Å²) >= 11 is 0. The van der Waals surface area contributed by atoms with Crippen molar-refractivity contribution in [2.75, 3.05) is 6.54 Å². The minimum absolute atomic E-state index is 0.0319. The van der Waals surface area contributed by atoms with E-state index in [1.165, 1.54) is 6.07 Å². The molecule has 0 aliphatic carbocycles. The Labute approximate surface area is 166 Å². The van der Waals surface area contributed by atoms with Crippen molar-refractivity contribution in [3.05, 3.63) is 71.1 Å². The standard InChI is InChI=1S/C21H20F2N4O2/c1-13-4-6-14(7-5-13)12-24-21(28)27-10-2-3-18(27)20-25-19(26-29-20)16-9-8-15(22)11-17(16)23/h4-9,11,18H,2-3,10,12H2,1H3,(H,24,28)/t18-/m1/s1. The zero-order chi connectivity index (χ0) is 20.4. The molecular weight excluding hydrogens is 378 g/mol. The van der Waals surface area contributed by atoms with Gasteiger partial charge in [-0.2, -0.15) is 4.98 Å². The van der Waals surface area contributed by atoms with Gasteiger partial charge in [-0.25, -0.2) is 13.6 Å². The molecule has 29 heavy (non-hydrogen) atoms. The van der Waals surface area contributed by atoms with E-state index in [1.807, 2.05) is 31.2 Å². The Hall–Kier alpha value is -3.29. The molecule has 1 N–H and O–H groups in total. The lowest BCUT2D eigenvalue weighted by Crippen LogP contribution is -2.39. The summed E-state index contributed by atoms with van der Waals surface area (Å²) in [6, 6.07) is 10.5. The van der Waals surface area contributed by atoms with Gasteiger partial charge in [0.15, 0.2) is 0 Å². The molecule has 1 aliphatic rings. The second-order valence-electron chi connectivity index (χ2n) is 7.08. The third kappa shape index (κ3) is 4.11. The predicted octanol–water partition coefficient (Wildman–Crippen LogP) is 4.37. The van der Waals surface area contributed by atoms with Gasteiger partial charge in [0.05, 0.1) is 5.56 Å². The highest BCUT2D eigenvalue weighted by Crippen LogP contribution is 2.32. The molecule has 2 amide bonds. The average molecular weight is 398 g/mol. The molecule has 1 atom stereocenters. The van der Waals surface area contributed by atoms with Crippen molar-refractivity contribution in [1.29, 1.82) is 0 Å². The number of rotatable bonds is 4. The average Bonchev–Trinajstić information content (AvgIpc) is 3.36. The maximum absolute atomic E-state index is 14.0. The minimum atomic E-state index is -0.767. The Balaban J connectivity index is 1.46. The van der Waals surface area contributed by atoms with Gasteiger partial charge in [0.25, 0.3) is 0 Å². The van der Waals surface area contributed by atoms with E-state index in [1.54, 1.807) is 4.90 Å². The fourth-order valence-electron chi connectivity index (χ4n) is 3.40. The molecule has 1 saturated heterocycles. The maximum atomic E-state index is 14.0. The zero-order valence-corrected chi connectivity index (χ0v) is 15.9. The van der Waals surface area contributed by atoms with Crippen molar-refractivity contribution in [3.8, 4) is 11.4 Å². The van der Waals surface area contributed by atoms with Crippen LogP contribution in [0.4, 0.5) is 13.6 Å². The SMILES string of the molecule is Cc1ccc(CNC(=O)N2CCC[C@@H]2c2nc(-c3ccc(F)cc3F)no2)cc1. The number of nitrogens with one attached hydrogen (secondary N) is 1. The Morgan fingerprint density at radius 3 is 2.79 bits per heavy atom. The van der Waals surface area contributed by atoms with E-state index in [0.717, 1.165) is 29.7 Å². The van der Waals surface area contributed by atoms with E-state index in [2.05, 4.69) is 15.5 Å². The largest absolute Gasteiger partial charge is 0.337 e. The molecule has 0 bridgehead atoms. The van der Waals surface area contributed by atoms with Crippen LogP contribution < -0.4 is 5.32 Å². The Morgan fingerprint density at radius 1 is 1.24 bits per heavy atom. The third-order valence-corrected chi connectivity index (χ3v) is 4.98. The first-order chi connectivity index (χ1) is 14.0. The van der Waals surface area contributed by atoms with Crippen molar-refractivity contribution in [2.45, 2.75) is 32.4 Å². The van der Waals surface area contributed by atoms with E-state index in [9.17, 15) is 13.6 Å². The van der Waals surface area contributed by atoms with Crippen molar-refractivity contribution in [2.24, 2.45) is 0 Å². The van der Waals surface area contributed by atoms with Crippen LogP contribution in [0, 0.1) is 18.6 Å². The van der Waals surface area contributed by atoms with Crippen LogP contribution in [0.25, 0.3) is 11.4 Å². The summed E-state index contributed by atoms with van der Waals surface area (Å²) in [6.07, 6.45) is 1.47. The monoisotopic (exact) mass is 398 g/mol. The number of benzene rings is 2. The number of carbonyl (C=O) groups excluding carboxylic acids is 1. The Bertz CT molecular complexity index is 1020. The molecule has 0 unspecified atom stereocenters. The number of halogens is 2. The molecular formula is C21H20F2N4O2. The number of urea groups is 1. The van der Waals surface area contributed by atoms with Gasteiger partial charge in [0.1, 0.15) is 17.7 Å². The Kier molecular flexibility index (Phi) is 5.24. The summed E-state index contributed by atoms with van der Waals surface area (Å²) in [4.78, 5) is 18.6. The van der Waals surface area contributed by atoms with Gasteiger partial charge in [-0.3, -0.25) is 0 Å². The minimum Gasteiger partial charge on any atom is -0.337 e. The molecule has 8 heteroatoms. The van der Waals surface area contributed by atoms with Gasteiger partial charge in [-0.05, 0) is 37.5 Å². The number of likely N-dealkylation sites (tertiary alicyclic amines) is 1. The molecule has 1 aliphatic heterocycles. The fourth-order valence-corrected chi connectivity index (χ4v) is 3.40. The van der Waals surface area contributed by atoms with Crippen LogP contribution in [0.1, 0.15) is 35.9 Å². The zero-order valence-electron chi connectivity index (χ0n) is 15.9. The lowest BCUT2D eigenvalue weighted by atomic mass is 10.1. The molecule has 0 saturated carbocycles. The first kappa shape index (κ1) is 19.0. The first-order valence-corrected chi connectivity index (χ1v) is 9.40. The number of hydrogen-bond donors (Lipinski definition) is 1. The topological polar surface area (TPSA) is 71.3 Å². The maximum Gasteiger partial charge on any atom is 0.318 e. The van der Waals surface area contributed by atoms with Gasteiger partial charge in [-0.1, -0.05) is 35.0 Å². The predicted molar refractivity (Wildman–Crippen MR) is 102 cm³/mol. The number of carbonyl (C=O) groups is 1. The van der Waals surface area contributed by atoms with Crippen LogP contribution in [-0.2, 0) is 6.54 Å². The summed E-state index contributed by atoms with van der Waals surface area (Å²) in [5, 5.41) is 6.72. The van der Waals surface area contributed by atoms with Gasteiger partial charge in [0, 0.05) is 19.2 Å². The van der Waals surface area contributed by atoms with E-state index in [4.69, 9.17) is 4.52 Å². The molecule has 2 heterocycles. The van der Waals surface area contributed by atoms with Crippen molar-refractivity contribution in [1.82, 2.24) is 20.4 Å². The molecule has 6 nitrogen and oxygen atoms in total. The number of aromatic nitrogens is 2. The van der Waals surface area contributed by atoms with Crippen LogP contribution in [0.3, 0.4) is 0 Å². The number of amides is 2. The normalized spacial score (nSPS) is 16.2. The third-order valence-electron chi connectivity index (χ3n) is 4.98. The molecule has 1 fully saturated rings. The highest BCUT2D eigenvalue weighted by Gasteiger charge is 2.34. The van der Waals surface area contributed by atoms with Crippen molar-refractivity contribution < 1.29 is 18.1 Å². The van der Waals surface area contributed by atoms with E-state index in [0.29, 0.717) is 19.5 Å². The first-order valence-electron chi connectivity index (χ1n) is 9.40. The molecule has 150 valence electrons. The molecule has 3 aromatic rings. The number of hydrogen-bond acceptors (Lipinski definition) is 4. The fraction of sp³-hybridized carbons (Fsp3) is 0.286. The molecule has 2 aromatic carbocycles. The summed E-state index contributed by atoms with van der Waals surface area (Å²) in [6.45, 7) is 2.98. The number of nitrogens with zero attached hydrogens (tertiary/aromatic N) is 3. The summed E-state index contributed by atoms with van der Waals surface area (Å²) in [5.74, 6) is -1.17. The summed E-state index contributed by atoms with van der Waals surface area (Å²) in [5.41, 5.74) is 2.21. The molecule has 4 rings (SSSR count). The van der Waals surface area contributed by atoms with Crippen LogP contribution >= 0.6 is 0 Å². The van der Waals surface area contributed by atoms with E-state index in [-0.39, 0.29) is 29.4 Å². The van der Waals surface area contributed by atoms with Crippen LogP contribution in [0.5, 0.6) is 0 Å². The molecule has 0 radical (unpaired) electrons. The van der Waals surface area contributed by atoms with E-state index < -0.39 is 11.6 Å². The van der Waals surface area contributed by atoms with Crippen molar-refractivity contribution in [3.63, 3.8) is 0 Å². The highest BCUT2D eigenvalue weighted by atomic mass is 19.1. The van der Waals surface area contributed by atoms with Crippen LogP contribution in [0.15, 0.2) is 47.0 Å². The summed E-state index contributed by atoms with van der Waals surface area (Å²) < 4.78 is 32.4. The molecule has 0 spiro atoms. The number of aryl methyl sites for hydroxylation is 1. The smallest absolute Gasteiger partial charge is 0.318 e. The van der Waals surface area contributed by atoms with E-state index >= 15 is 0 Å². The van der Waals surface area contributed by atoms with Crippen LogP contribution in [0.2, 0.25) is 0 Å². The Morgan fingerprint density at radius 2 is 2.03 bits per heavy atom. The second-order valence-corrected chi connectivity index (χ2v) is 7.08. The van der Waals surface area contributed by atoms with Gasteiger partial charge >= 0.3 is 6.03 Å². The van der Waals surface area contributed by atoms with Gasteiger partial charge in [0.2, 0.25) is 11.7 Å². The lowest BCUT2D eigenvalue weighted by molar-refractivity contribution is 0.180. The second kappa shape index (κ2) is 7.98.